The summed E-state index contributed by atoms with van der Waals surface area (Å²) in [7, 11) is -3.50. The normalized spacial score (nSPS) is 13.8. The van der Waals surface area contributed by atoms with E-state index >= 15 is 0 Å². The van der Waals surface area contributed by atoms with Crippen molar-refractivity contribution in [3.05, 3.63) is 34.9 Å². The zero-order valence-corrected chi connectivity index (χ0v) is 12.6. The van der Waals surface area contributed by atoms with Crippen LogP contribution in [0.15, 0.2) is 18.2 Å². The summed E-state index contributed by atoms with van der Waals surface area (Å²) in [5.41, 5.74) is 0.105. The van der Waals surface area contributed by atoms with Crippen molar-refractivity contribution in [1.82, 2.24) is 5.32 Å². The van der Waals surface area contributed by atoms with Crippen LogP contribution in [0, 0.1) is 6.92 Å². The molecule has 8 heteroatoms. The molecule has 0 aliphatic heterocycles. The highest BCUT2D eigenvalue weighted by atomic mass is 32.2. The highest BCUT2D eigenvalue weighted by Gasteiger charge is 2.30. The van der Waals surface area contributed by atoms with Gasteiger partial charge in [-0.15, -0.1) is 0 Å². The molecule has 0 saturated heterocycles. The lowest BCUT2D eigenvalue weighted by Gasteiger charge is -2.13. The number of sulfone groups is 1. The van der Waals surface area contributed by atoms with Crippen molar-refractivity contribution in [2.45, 2.75) is 31.8 Å². The first-order chi connectivity index (χ1) is 9.43. The molecule has 0 fully saturated rings. The Morgan fingerprint density at radius 3 is 2.33 bits per heavy atom. The predicted octanol–water partition coefficient (Wildman–Crippen LogP) is 2.06. The lowest BCUT2D eigenvalue weighted by atomic mass is 10.0. The van der Waals surface area contributed by atoms with E-state index in [1.807, 2.05) is 0 Å². The average molecular weight is 323 g/mol. The summed E-state index contributed by atoms with van der Waals surface area (Å²) in [6, 6.07) is 3.18. The average Bonchev–Trinajstić information content (AvgIpc) is 2.33. The summed E-state index contributed by atoms with van der Waals surface area (Å²) in [6.07, 6.45) is -3.47. The van der Waals surface area contributed by atoms with Crippen LogP contribution >= 0.6 is 0 Å². The Labute approximate surface area is 121 Å². The third kappa shape index (κ3) is 4.73. The molecule has 1 N–H and O–H groups in total. The number of benzene rings is 1. The number of amides is 1. The summed E-state index contributed by atoms with van der Waals surface area (Å²) < 4.78 is 60.0. The van der Waals surface area contributed by atoms with Crippen LogP contribution in [0.2, 0.25) is 0 Å². The number of hydrogen-bond donors (Lipinski definition) is 1. The molecule has 0 aliphatic carbocycles. The summed E-state index contributed by atoms with van der Waals surface area (Å²) in [5, 5.41) is 1.20. The smallest absolute Gasteiger partial charge is 0.351 e. The third-order valence-corrected chi connectivity index (χ3v) is 4.63. The van der Waals surface area contributed by atoms with E-state index in [-0.39, 0.29) is 6.54 Å². The minimum Gasteiger partial charge on any atom is -0.351 e. The van der Waals surface area contributed by atoms with Gasteiger partial charge in [-0.1, -0.05) is 6.07 Å². The van der Waals surface area contributed by atoms with Crippen LogP contribution in [-0.4, -0.2) is 25.8 Å². The van der Waals surface area contributed by atoms with E-state index < -0.39 is 32.7 Å². The zero-order valence-electron chi connectivity index (χ0n) is 11.8. The molecule has 0 radical (unpaired) electrons. The fraction of sp³-hybridized carbons (Fsp3) is 0.462. The number of hydrogen-bond acceptors (Lipinski definition) is 3. The first kappa shape index (κ1) is 17.5. The molecular formula is C13H16F3NO3S. The summed E-state index contributed by atoms with van der Waals surface area (Å²) >= 11 is 0. The fourth-order valence-corrected chi connectivity index (χ4v) is 2.06. The first-order valence-corrected chi connectivity index (χ1v) is 8.01. The van der Waals surface area contributed by atoms with Gasteiger partial charge < -0.3 is 5.32 Å². The van der Waals surface area contributed by atoms with Crippen molar-refractivity contribution in [2.24, 2.45) is 0 Å². The van der Waals surface area contributed by atoms with Gasteiger partial charge in [0.15, 0.2) is 9.84 Å². The monoisotopic (exact) mass is 323 g/mol. The molecule has 118 valence electrons. The molecule has 1 amide bonds. The second-order valence-electron chi connectivity index (χ2n) is 4.83. The molecule has 0 aliphatic rings. The Kier molecular flexibility index (Phi) is 5.03. The van der Waals surface area contributed by atoms with Crippen molar-refractivity contribution < 1.29 is 26.4 Å². The Balaban J connectivity index is 2.80. The standard InChI is InChI=1S/C13H16F3NO3S/c1-8-6-11(13(14,15)16)5-4-10(8)7-17-12(18)9(2)21(3,19)20/h4-6,9H,7H2,1-3H3,(H,17,18)/t9-/m0/s1. The van der Waals surface area contributed by atoms with Gasteiger partial charge in [0, 0.05) is 12.8 Å². The van der Waals surface area contributed by atoms with Crippen molar-refractivity contribution in [3.8, 4) is 0 Å². The van der Waals surface area contributed by atoms with E-state index in [4.69, 9.17) is 0 Å². The minimum atomic E-state index is -4.42. The Bertz CT molecular complexity index is 639. The first-order valence-electron chi connectivity index (χ1n) is 6.06. The number of rotatable bonds is 4. The topological polar surface area (TPSA) is 63.2 Å². The van der Waals surface area contributed by atoms with Crippen LogP contribution in [0.1, 0.15) is 23.6 Å². The number of alkyl halides is 3. The third-order valence-electron chi connectivity index (χ3n) is 3.13. The van der Waals surface area contributed by atoms with Gasteiger partial charge in [0.05, 0.1) is 5.56 Å². The molecule has 1 atom stereocenters. The second kappa shape index (κ2) is 6.05. The van der Waals surface area contributed by atoms with E-state index in [1.165, 1.54) is 19.9 Å². The van der Waals surface area contributed by atoms with E-state index in [0.717, 1.165) is 18.4 Å². The SMILES string of the molecule is Cc1cc(C(F)(F)F)ccc1CNC(=O)[C@H](C)S(C)(=O)=O. The van der Waals surface area contributed by atoms with Gasteiger partial charge in [0.25, 0.3) is 0 Å². The maximum Gasteiger partial charge on any atom is 0.416 e. The van der Waals surface area contributed by atoms with Gasteiger partial charge in [-0.3, -0.25) is 4.79 Å². The lowest BCUT2D eigenvalue weighted by molar-refractivity contribution is -0.137. The second-order valence-corrected chi connectivity index (χ2v) is 7.19. The molecule has 0 unspecified atom stereocenters. The van der Waals surface area contributed by atoms with Gasteiger partial charge in [0.2, 0.25) is 5.91 Å². The van der Waals surface area contributed by atoms with E-state index in [2.05, 4.69) is 5.32 Å². The number of halogens is 3. The van der Waals surface area contributed by atoms with Crippen LogP contribution in [0.5, 0.6) is 0 Å². The molecule has 0 bridgehead atoms. The largest absolute Gasteiger partial charge is 0.416 e. The molecule has 1 aromatic carbocycles. The van der Waals surface area contributed by atoms with Crippen LogP contribution < -0.4 is 5.32 Å². The quantitative estimate of drug-likeness (QED) is 0.922. The molecule has 21 heavy (non-hydrogen) atoms. The number of nitrogens with one attached hydrogen (secondary N) is 1. The highest BCUT2D eigenvalue weighted by molar-refractivity contribution is 7.92. The Morgan fingerprint density at radius 1 is 1.33 bits per heavy atom. The highest BCUT2D eigenvalue weighted by Crippen LogP contribution is 2.30. The fourth-order valence-electron chi connectivity index (χ4n) is 1.59. The van der Waals surface area contributed by atoms with Gasteiger partial charge in [-0.05, 0) is 37.1 Å². The molecule has 0 saturated carbocycles. The molecule has 0 spiro atoms. The maximum atomic E-state index is 12.5. The van der Waals surface area contributed by atoms with Crippen molar-refractivity contribution in [3.63, 3.8) is 0 Å². The van der Waals surface area contributed by atoms with E-state index in [0.29, 0.717) is 11.1 Å². The molecule has 1 rings (SSSR count). The van der Waals surface area contributed by atoms with E-state index in [1.54, 1.807) is 0 Å². The van der Waals surface area contributed by atoms with Crippen molar-refractivity contribution in [1.29, 1.82) is 0 Å². The predicted molar refractivity (Wildman–Crippen MR) is 72.3 cm³/mol. The molecule has 1 aromatic rings. The summed E-state index contributed by atoms with van der Waals surface area (Å²) in [6.45, 7) is 2.73. The summed E-state index contributed by atoms with van der Waals surface area (Å²) in [4.78, 5) is 11.6. The van der Waals surface area contributed by atoms with Crippen LogP contribution in [0.25, 0.3) is 0 Å². The number of carbonyl (C=O) groups excluding carboxylic acids is 1. The van der Waals surface area contributed by atoms with Crippen molar-refractivity contribution >= 4 is 15.7 Å². The van der Waals surface area contributed by atoms with Crippen LogP contribution in [-0.2, 0) is 27.4 Å². The Morgan fingerprint density at radius 2 is 1.90 bits per heavy atom. The minimum absolute atomic E-state index is 0.0251. The van der Waals surface area contributed by atoms with E-state index in [9.17, 15) is 26.4 Å². The molecule has 4 nitrogen and oxygen atoms in total. The van der Waals surface area contributed by atoms with Gasteiger partial charge in [-0.2, -0.15) is 13.2 Å². The van der Waals surface area contributed by atoms with Gasteiger partial charge in [-0.25, -0.2) is 8.42 Å². The Hall–Kier alpha value is -1.57. The molecule has 0 aromatic heterocycles. The maximum absolute atomic E-state index is 12.5. The van der Waals surface area contributed by atoms with Crippen LogP contribution in [0.3, 0.4) is 0 Å². The summed E-state index contributed by atoms with van der Waals surface area (Å²) in [5.74, 6) is -0.684. The number of aryl methyl sites for hydroxylation is 1. The van der Waals surface area contributed by atoms with Gasteiger partial charge in [0.1, 0.15) is 5.25 Å². The van der Waals surface area contributed by atoms with Crippen LogP contribution in [0.4, 0.5) is 13.2 Å². The zero-order chi connectivity index (χ0) is 16.4. The van der Waals surface area contributed by atoms with Crippen molar-refractivity contribution in [2.75, 3.05) is 6.26 Å². The molecular weight excluding hydrogens is 307 g/mol. The van der Waals surface area contributed by atoms with Gasteiger partial charge >= 0.3 is 6.18 Å². The number of carbonyl (C=O) groups is 1. The molecule has 0 heterocycles. The lowest BCUT2D eigenvalue weighted by Crippen LogP contribution is -2.37.